The molecule has 0 amide bonds. The average molecular weight is 253 g/mol. The van der Waals surface area contributed by atoms with E-state index in [9.17, 15) is 4.79 Å². The summed E-state index contributed by atoms with van der Waals surface area (Å²) in [6.07, 6.45) is 3.71. The number of carbonyl (C=O) groups is 1. The Morgan fingerprint density at radius 3 is 2.76 bits per heavy atom. The van der Waals surface area contributed by atoms with Crippen molar-refractivity contribution in [3.63, 3.8) is 0 Å². The molecule has 3 heteroatoms. The second-order valence-electron chi connectivity index (χ2n) is 4.81. The zero-order valence-electron chi connectivity index (χ0n) is 10.3. The smallest absolute Gasteiger partial charge is 0.143 e. The first kappa shape index (κ1) is 12.4. The Balaban J connectivity index is 2.41. The van der Waals surface area contributed by atoms with Crippen LogP contribution in [0, 0.1) is 0 Å². The highest BCUT2D eigenvalue weighted by Crippen LogP contribution is 2.39. The first-order valence-corrected chi connectivity index (χ1v) is 6.33. The molecule has 17 heavy (non-hydrogen) atoms. The third kappa shape index (κ3) is 2.19. The lowest BCUT2D eigenvalue weighted by Crippen LogP contribution is -2.35. The van der Waals surface area contributed by atoms with Gasteiger partial charge in [-0.3, -0.25) is 4.79 Å². The fraction of sp³-hybridized carbons (Fsp3) is 0.500. The zero-order chi connectivity index (χ0) is 12.5. The molecule has 0 aromatic heterocycles. The molecular formula is C14H17ClO2. The predicted octanol–water partition coefficient (Wildman–Crippen LogP) is 3.75. The van der Waals surface area contributed by atoms with Gasteiger partial charge in [-0.25, -0.2) is 0 Å². The number of methoxy groups -OCH3 is 1. The molecular weight excluding hydrogens is 236 g/mol. The number of carbonyl (C=O) groups excluding carboxylic acids is 1. The van der Waals surface area contributed by atoms with Gasteiger partial charge in [0.05, 0.1) is 17.5 Å². The fourth-order valence-electron chi connectivity index (χ4n) is 2.49. The molecule has 1 atom stereocenters. The van der Waals surface area contributed by atoms with Gasteiger partial charge in [-0.05, 0) is 37.5 Å². The molecule has 0 spiro atoms. The van der Waals surface area contributed by atoms with Crippen LogP contribution in [0.1, 0.15) is 38.2 Å². The van der Waals surface area contributed by atoms with Crippen LogP contribution in [0.3, 0.4) is 0 Å². The summed E-state index contributed by atoms with van der Waals surface area (Å²) in [5, 5.41) is 0.586. The van der Waals surface area contributed by atoms with Crippen LogP contribution in [0.5, 0.6) is 5.75 Å². The second kappa shape index (κ2) is 4.69. The van der Waals surface area contributed by atoms with Crippen LogP contribution >= 0.6 is 11.6 Å². The van der Waals surface area contributed by atoms with Crippen molar-refractivity contribution in [3.8, 4) is 5.75 Å². The van der Waals surface area contributed by atoms with E-state index in [1.807, 2.05) is 25.1 Å². The summed E-state index contributed by atoms with van der Waals surface area (Å²) in [7, 11) is 1.59. The van der Waals surface area contributed by atoms with Gasteiger partial charge >= 0.3 is 0 Å². The minimum Gasteiger partial charge on any atom is -0.495 e. The van der Waals surface area contributed by atoms with E-state index in [0.717, 1.165) is 24.8 Å². The molecule has 92 valence electrons. The Morgan fingerprint density at radius 2 is 2.12 bits per heavy atom. The quantitative estimate of drug-likeness (QED) is 0.801. The van der Waals surface area contributed by atoms with Crippen molar-refractivity contribution in [1.29, 1.82) is 0 Å². The molecule has 2 rings (SSSR count). The van der Waals surface area contributed by atoms with E-state index in [0.29, 0.717) is 23.0 Å². The van der Waals surface area contributed by atoms with Gasteiger partial charge in [0.25, 0.3) is 0 Å². The van der Waals surface area contributed by atoms with Gasteiger partial charge in [0.15, 0.2) is 0 Å². The van der Waals surface area contributed by atoms with Crippen molar-refractivity contribution in [1.82, 2.24) is 0 Å². The van der Waals surface area contributed by atoms with Gasteiger partial charge in [0.2, 0.25) is 0 Å². The van der Waals surface area contributed by atoms with Gasteiger partial charge in [0, 0.05) is 6.42 Å². The zero-order valence-corrected chi connectivity index (χ0v) is 11.0. The standard InChI is InChI=1S/C14H17ClO2/c1-14(8-4-3-5-13(14)16)10-6-7-11(15)12(9-10)17-2/h6-7,9H,3-5,8H2,1-2H3. The van der Waals surface area contributed by atoms with Crippen molar-refractivity contribution in [2.75, 3.05) is 7.11 Å². The highest BCUT2D eigenvalue weighted by Gasteiger charge is 2.36. The molecule has 1 aromatic rings. The van der Waals surface area contributed by atoms with E-state index in [-0.39, 0.29) is 5.41 Å². The summed E-state index contributed by atoms with van der Waals surface area (Å²) in [6.45, 7) is 2.02. The fourth-order valence-corrected chi connectivity index (χ4v) is 2.68. The molecule has 0 saturated heterocycles. The molecule has 0 bridgehead atoms. The van der Waals surface area contributed by atoms with Crippen LogP contribution in [0.15, 0.2) is 18.2 Å². The maximum Gasteiger partial charge on any atom is 0.143 e. The summed E-state index contributed by atoms with van der Waals surface area (Å²) < 4.78 is 5.21. The second-order valence-corrected chi connectivity index (χ2v) is 5.22. The number of halogens is 1. The number of ketones is 1. The van der Waals surface area contributed by atoms with Gasteiger partial charge in [-0.1, -0.05) is 24.1 Å². The van der Waals surface area contributed by atoms with Crippen molar-refractivity contribution < 1.29 is 9.53 Å². The van der Waals surface area contributed by atoms with Crippen LogP contribution in [0.25, 0.3) is 0 Å². The van der Waals surface area contributed by atoms with Crippen molar-refractivity contribution in [2.45, 2.75) is 38.0 Å². The van der Waals surface area contributed by atoms with Crippen molar-refractivity contribution in [3.05, 3.63) is 28.8 Å². The third-order valence-electron chi connectivity index (χ3n) is 3.73. The normalized spacial score (nSPS) is 24.8. The number of Topliss-reactive ketones (excluding diaryl/α,β-unsaturated/α-hetero) is 1. The molecule has 0 N–H and O–H groups in total. The van der Waals surface area contributed by atoms with Gasteiger partial charge < -0.3 is 4.74 Å². The summed E-state index contributed by atoms with van der Waals surface area (Å²) in [5.41, 5.74) is 0.652. The Bertz CT molecular complexity index is 442. The minimum atomic E-state index is -0.365. The monoisotopic (exact) mass is 252 g/mol. The Kier molecular flexibility index (Phi) is 3.43. The predicted molar refractivity (Wildman–Crippen MR) is 68.8 cm³/mol. The Hall–Kier alpha value is -1.02. The third-order valence-corrected chi connectivity index (χ3v) is 4.05. The summed E-state index contributed by atoms with van der Waals surface area (Å²) in [6, 6.07) is 5.64. The maximum atomic E-state index is 12.1. The Morgan fingerprint density at radius 1 is 1.35 bits per heavy atom. The Labute approximate surface area is 107 Å². The maximum absolute atomic E-state index is 12.1. The molecule has 0 radical (unpaired) electrons. The van der Waals surface area contributed by atoms with E-state index in [2.05, 4.69) is 0 Å². The van der Waals surface area contributed by atoms with E-state index in [1.165, 1.54) is 0 Å². The topological polar surface area (TPSA) is 26.3 Å². The van der Waals surface area contributed by atoms with Crippen LogP contribution in [0.4, 0.5) is 0 Å². The van der Waals surface area contributed by atoms with Gasteiger partial charge in [0.1, 0.15) is 11.5 Å². The lowest BCUT2D eigenvalue weighted by molar-refractivity contribution is -0.125. The molecule has 0 heterocycles. The van der Waals surface area contributed by atoms with Crippen molar-refractivity contribution >= 4 is 17.4 Å². The summed E-state index contributed by atoms with van der Waals surface area (Å²) in [5.74, 6) is 0.969. The lowest BCUT2D eigenvalue weighted by atomic mass is 9.70. The van der Waals surface area contributed by atoms with Crippen LogP contribution in [0.2, 0.25) is 5.02 Å². The average Bonchev–Trinajstić information content (AvgIpc) is 2.33. The lowest BCUT2D eigenvalue weighted by Gasteiger charge is -2.32. The van der Waals surface area contributed by atoms with E-state index in [4.69, 9.17) is 16.3 Å². The molecule has 0 aliphatic heterocycles. The molecule has 1 saturated carbocycles. The number of rotatable bonds is 2. The molecule has 1 aliphatic rings. The largest absolute Gasteiger partial charge is 0.495 e. The van der Waals surface area contributed by atoms with E-state index in [1.54, 1.807) is 7.11 Å². The van der Waals surface area contributed by atoms with Crippen LogP contribution in [-0.2, 0) is 10.2 Å². The molecule has 1 fully saturated rings. The SMILES string of the molecule is COc1cc(C2(C)CCCCC2=O)ccc1Cl. The molecule has 1 aliphatic carbocycles. The summed E-state index contributed by atoms with van der Waals surface area (Å²) >= 11 is 6.01. The number of hydrogen-bond acceptors (Lipinski definition) is 2. The highest BCUT2D eigenvalue weighted by molar-refractivity contribution is 6.32. The first-order valence-electron chi connectivity index (χ1n) is 5.95. The van der Waals surface area contributed by atoms with E-state index >= 15 is 0 Å². The highest BCUT2D eigenvalue weighted by atomic mass is 35.5. The first-order chi connectivity index (χ1) is 8.08. The van der Waals surface area contributed by atoms with Crippen LogP contribution < -0.4 is 4.74 Å². The van der Waals surface area contributed by atoms with Crippen LogP contribution in [-0.4, -0.2) is 12.9 Å². The summed E-state index contributed by atoms with van der Waals surface area (Å²) in [4.78, 5) is 12.1. The van der Waals surface area contributed by atoms with Crippen molar-refractivity contribution in [2.24, 2.45) is 0 Å². The number of ether oxygens (including phenoxy) is 1. The molecule has 1 aromatic carbocycles. The minimum absolute atomic E-state index is 0.327. The van der Waals surface area contributed by atoms with Gasteiger partial charge in [-0.15, -0.1) is 0 Å². The molecule has 1 unspecified atom stereocenters. The number of hydrogen-bond donors (Lipinski definition) is 0. The van der Waals surface area contributed by atoms with Gasteiger partial charge in [-0.2, -0.15) is 0 Å². The van der Waals surface area contributed by atoms with E-state index < -0.39 is 0 Å². The molecule has 2 nitrogen and oxygen atoms in total. The number of benzene rings is 1.